The van der Waals surface area contributed by atoms with E-state index in [0.29, 0.717) is 0 Å². The maximum Gasteiger partial charge on any atom is 0.127 e. The lowest BCUT2D eigenvalue weighted by Gasteiger charge is -2.16. The largest absolute Gasteiger partial charge is 0.497 e. The van der Waals surface area contributed by atoms with Gasteiger partial charge < -0.3 is 15.2 Å². The van der Waals surface area contributed by atoms with Crippen molar-refractivity contribution in [1.82, 2.24) is 9.78 Å². The molecule has 0 spiro atoms. The van der Waals surface area contributed by atoms with Gasteiger partial charge >= 0.3 is 0 Å². The van der Waals surface area contributed by atoms with Gasteiger partial charge in [-0.05, 0) is 25.0 Å². The lowest BCUT2D eigenvalue weighted by molar-refractivity contribution is 0.388. The average Bonchev–Trinajstić information content (AvgIpc) is 2.94. The third-order valence-corrected chi connectivity index (χ3v) is 3.31. The first-order chi connectivity index (χ1) is 9.67. The highest BCUT2D eigenvalue weighted by Gasteiger charge is 2.14. The summed E-state index contributed by atoms with van der Waals surface area (Å²) in [5, 5.41) is 4.26. The Kier molecular flexibility index (Phi) is 4.63. The van der Waals surface area contributed by atoms with Gasteiger partial charge in [-0.3, -0.25) is 4.68 Å². The standard InChI is InChI=1S/C15H21N3O2/c1-4-18-10-11(9-17-18)7-14(16)13-6-5-12(19-2)8-15(13)20-3/h5-6,8-10,14H,4,7,16H2,1-3H3. The fourth-order valence-corrected chi connectivity index (χ4v) is 2.17. The summed E-state index contributed by atoms with van der Waals surface area (Å²) in [6.07, 6.45) is 4.61. The van der Waals surface area contributed by atoms with E-state index >= 15 is 0 Å². The molecule has 0 bridgehead atoms. The summed E-state index contributed by atoms with van der Waals surface area (Å²) in [5.74, 6) is 1.51. The molecular formula is C15H21N3O2. The van der Waals surface area contributed by atoms with Gasteiger partial charge in [-0.15, -0.1) is 0 Å². The molecule has 0 aliphatic rings. The summed E-state index contributed by atoms with van der Waals surface area (Å²) in [4.78, 5) is 0. The first kappa shape index (κ1) is 14.4. The highest BCUT2D eigenvalue weighted by Crippen LogP contribution is 2.29. The molecule has 1 heterocycles. The molecule has 1 atom stereocenters. The van der Waals surface area contributed by atoms with Crippen molar-refractivity contribution in [2.45, 2.75) is 25.9 Å². The highest BCUT2D eigenvalue weighted by molar-refractivity contribution is 5.42. The van der Waals surface area contributed by atoms with Gasteiger partial charge in [-0.1, -0.05) is 6.07 Å². The first-order valence-electron chi connectivity index (χ1n) is 6.66. The van der Waals surface area contributed by atoms with Gasteiger partial charge in [-0.2, -0.15) is 5.10 Å². The maximum absolute atomic E-state index is 6.29. The van der Waals surface area contributed by atoms with Gasteiger partial charge in [-0.25, -0.2) is 0 Å². The Balaban J connectivity index is 2.17. The Labute approximate surface area is 119 Å². The van der Waals surface area contributed by atoms with E-state index in [1.165, 1.54) is 0 Å². The van der Waals surface area contributed by atoms with Crippen LogP contribution in [0.5, 0.6) is 11.5 Å². The molecule has 2 N–H and O–H groups in total. The minimum atomic E-state index is -0.134. The van der Waals surface area contributed by atoms with Gasteiger partial charge in [0.15, 0.2) is 0 Å². The average molecular weight is 275 g/mol. The summed E-state index contributed by atoms with van der Waals surface area (Å²) in [6, 6.07) is 5.56. The molecule has 0 aliphatic carbocycles. The monoisotopic (exact) mass is 275 g/mol. The van der Waals surface area contributed by atoms with Crippen LogP contribution in [-0.4, -0.2) is 24.0 Å². The van der Waals surface area contributed by atoms with E-state index in [0.717, 1.165) is 35.6 Å². The first-order valence-corrected chi connectivity index (χ1v) is 6.66. The van der Waals surface area contributed by atoms with Crippen molar-refractivity contribution in [3.8, 4) is 11.5 Å². The Bertz CT molecular complexity index is 566. The maximum atomic E-state index is 6.29. The van der Waals surface area contributed by atoms with Crippen LogP contribution in [0, 0.1) is 0 Å². The zero-order valence-electron chi connectivity index (χ0n) is 12.2. The van der Waals surface area contributed by atoms with Crippen LogP contribution in [-0.2, 0) is 13.0 Å². The van der Waals surface area contributed by atoms with Crippen molar-refractivity contribution in [2.24, 2.45) is 5.73 Å². The molecule has 5 heteroatoms. The molecule has 0 amide bonds. The van der Waals surface area contributed by atoms with Crippen molar-refractivity contribution in [1.29, 1.82) is 0 Å². The molecule has 5 nitrogen and oxygen atoms in total. The van der Waals surface area contributed by atoms with Gasteiger partial charge in [0.2, 0.25) is 0 Å². The molecule has 2 aromatic rings. The molecule has 1 unspecified atom stereocenters. The summed E-state index contributed by atoms with van der Waals surface area (Å²) in [5.41, 5.74) is 8.38. The molecule has 0 saturated heterocycles. The normalized spacial score (nSPS) is 12.2. The zero-order valence-corrected chi connectivity index (χ0v) is 12.2. The van der Waals surface area contributed by atoms with Crippen LogP contribution in [0.15, 0.2) is 30.6 Å². The number of ether oxygens (including phenoxy) is 2. The zero-order chi connectivity index (χ0) is 14.5. The summed E-state index contributed by atoms with van der Waals surface area (Å²) >= 11 is 0. The van der Waals surface area contributed by atoms with Gasteiger partial charge in [0, 0.05) is 30.4 Å². The van der Waals surface area contributed by atoms with Gasteiger partial charge in [0.25, 0.3) is 0 Å². The number of hydrogen-bond donors (Lipinski definition) is 1. The summed E-state index contributed by atoms with van der Waals surface area (Å²) < 4.78 is 12.5. The van der Waals surface area contributed by atoms with Crippen LogP contribution >= 0.6 is 0 Å². The summed E-state index contributed by atoms with van der Waals surface area (Å²) in [6.45, 7) is 2.92. The number of nitrogens with zero attached hydrogens (tertiary/aromatic N) is 2. The number of methoxy groups -OCH3 is 2. The third-order valence-electron chi connectivity index (χ3n) is 3.31. The van der Waals surface area contributed by atoms with Crippen molar-refractivity contribution >= 4 is 0 Å². The van der Waals surface area contributed by atoms with Crippen LogP contribution in [0.1, 0.15) is 24.1 Å². The number of benzene rings is 1. The highest BCUT2D eigenvalue weighted by atomic mass is 16.5. The van der Waals surface area contributed by atoms with E-state index in [1.807, 2.05) is 35.3 Å². The molecule has 108 valence electrons. The molecule has 1 aromatic heterocycles. The van der Waals surface area contributed by atoms with Gasteiger partial charge in [0.1, 0.15) is 11.5 Å². The fourth-order valence-electron chi connectivity index (χ4n) is 2.17. The van der Waals surface area contributed by atoms with Crippen LogP contribution in [0.4, 0.5) is 0 Å². The quantitative estimate of drug-likeness (QED) is 0.877. The van der Waals surface area contributed by atoms with E-state index in [4.69, 9.17) is 15.2 Å². The Morgan fingerprint density at radius 2 is 2.10 bits per heavy atom. The summed E-state index contributed by atoms with van der Waals surface area (Å²) in [7, 11) is 3.27. The fraction of sp³-hybridized carbons (Fsp3) is 0.400. The topological polar surface area (TPSA) is 62.3 Å². The Hall–Kier alpha value is -2.01. The van der Waals surface area contributed by atoms with Crippen molar-refractivity contribution < 1.29 is 9.47 Å². The molecule has 1 aromatic carbocycles. The molecule has 0 radical (unpaired) electrons. The second kappa shape index (κ2) is 6.43. The number of nitrogens with two attached hydrogens (primary N) is 1. The lowest BCUT2D eigenvalue weighted by Crippen LogP contribution is -2.14. The number of aromatic nitrogens is 2. The molecular weight excluding hydrogens is 254 g/mol. The lowest BCUT2D eigenvalue weighted by atomic mass is 10.0. The van der Waals surface area contributed by atoms with Crippen molar-refractivity contribution in [3.63, 3.8) is 0 Å². The predicted molar refractivity (Wildman–Crippen MR) is 78.1 cm³/mol. The number of aryl methyl sites for hydroxylation is 1. The SMILES string of the molecule is CCn1cc(CC(N)c2ccc(OC)cc2OC)cn1. The van der Waals surface area contributed by atoms with E-state index in [-0.39, 0.29) is 6.04 Å². The van der Waals surface area contributed by atoms with E-state index < -0.39 is 0 Å². The Morgan fingerprint density at radius 1 is 1.30 bits per heavy atom. The smallest absolute Gasteiger partial charge is 0.127 e. The van der Waals surface area contributed by atoms with E-state index in [1.54, 1.807) is 14.2 Å². The van der Waals surface area contributed by atoms with Crippen molar-refractivity contribution in [2.75, 3.05) is 14.2 Å². The van der Waals surface area contributed by atoms with Crippen LogP contribution in [0.25, 0.3) is 0 Å². The number of hydrogen-bond acceptors (Lipinski definition) is 4. The number of rotatable bonds is 6. The Morgan fingerprint density at radius 3 is 2.70 bits per heavy atom. The second-order valence-electron chi connectivity index (χ2n) is 4.62. The van der Waals surface area contributed by atoms with Crippen LogP contribution in [0.3, 0.4) is 0 Å². The second-order valence-corrected chi connectivity index (χ2v) is 4.62. The molecule has 0 saturated carbocycles. The minimum absolute atomic E-state index is 0.134. The molecule has 20 heavy (non-hydrogen) atoms. The molecule has 2 rings (SSSR count). The molecule has 0 aliphatic heterocycles. The minimum Gasteiger partial charge on any atom is -0.497 e. The van der Waals surface area contributed by atoms with Crippen molar-refractivity contribution in [3.05, 3.63) is 41.7 Å². The van der Waals surface area contributed by atoms with E-state index in [2.05, 4.69) is 12.0 Å². The van der Waals surface area contributed by atoms with Crippen LogP contribution < -0.4 is 15.2 Å². The van der Waals surface area contributed by atoms with E-state index in [9.17, 15) is 0 Å². The predicted octanol–water partition coefficient (Wildman–Crippen LogP) is 2.16. The third kappa shape index (κ3) is 3.11. The van der Waals surface area contributed by atoms with Gasteiger partial charge in [0.05, 0.1) is 20.4 Å². The van der Waals surface area contributed by atoms with Crippen LogP contribution in [0.2, 0.25) is 0 Å². The molecule has 0 fully saturated rings.